The molecule has 0 fully saturated rings. The summed E-state index contributed by atoms with van der Waals surface area (Å²) < 4.78 is 18.2. The second-order valence-corrected chi connectivity index (χ2v) is 7.79. The SMILES string of the molecule is CCc1nn(-c2ccccc2)c2c1CN(C(=O)NC)[C@@H](c1cccc(F)c1)c1cccn1-2. The van der Waals surface area contributed by atoms with Crippen molar-refractivity contribution in [2.24, 2.45) is 0 Å². The summed E-state index contributed by atoms with van der Waals surface area (Å²) in [4.78, 5) is 14.8. The van der Waals surface area contributed by atoms with Crippen molar-refractivity contribution >= 4 is 6.03 Å². The van der Waals surface area contributed by atoms with Crippen molar-refractivity contribution in [2.45, 2.75) is 25.9 Å². The third kappa shape index (κ3) is 3.17. The van der Waals surface area contributed by atoms with Crippen molar-refractivity contribution in [2.75, 3.05) is 7.05 Å². The number of hydrogen-bond donors (Lipinski definition) is 1. The van der Waals surface area contributed by atoms with Crippen molar-refractivity contribution in [3.8, 4) is 11.5 Å². The van der Waals surface area contributed by atoms with E-state index in [4.69, 9.17) is 5.10 Å². The Labute approximate surface area is 185 Å². The Kier molecular flexibility index (Phi) is 5.01. The van der Waals surface area contributed by atoms with Crippen LogP contribution >= 0.6 is 0 Å². The van der Waals surface area contributed by atoms with Crippen LogP contribution in [0.5, 0.6) is 0 Å². The van der Waals surface area contributed by atoms with Crippen LogP contribution in [-0.2, 0) is 13.0 Å². The lowest BCUT2D eigenvalue weighted by molar-refractivity contribution is 0.182. The predicted molar refractivity (Wildman–Crippen MR) is 121 cm³/mol. The molecule has 1 aliphatic heterocycles. The number of benzene rings is 2. The Balaban J connectivity index is 1.80. The van der Waals surface area contributed by atoms with E-state index >= 15 is 0 Å². The molecule has 7 heteroatoms. The summed E-state index contributed by atoms with van der Waals surface area (Å²) >= 11 is 0. The number of hydrogen-bond acceptors (Lipinski definition) is 2. The van der Waals surface area contributed by atoms with Crippen LogP contribution in [-0.4, -0.2) is 32.3 Å². The molecule has 0 spiro atoms. The van der Waals surface area contributed by atoms with E-state index in [-0.39, 0.29) is 11.8 Å². The van der Waals surface area contributed by atoms with Gasteiger partial charge in [0.1, 0.15) is 11.6 Å². The van der Waals surface area contributed by atoms with E-state index in [2.05, 4.69) is 16.8 Å². The Hall–Kier alpha value is -3.87. The van der Waals surface area contributed by atoms with Gasteiger partial charge in [0.05, 0.1) is 29.7 Å². The number of rotatable bonds is 3. The first-order valence-electron chi connectivity index (χ1n) is 10.7. The highest BCUT2D eigenvalue weighted by molar-refractivity contribution is 5.75. The summed E-state index contributed by atoms with van der Waals surface area (Å²) in [5.74, 6) is 0.574. The third-order valence-corrected chi connectivity index (χ3v) is 5.94. The van der Waals surface area contributed by atoms with Gasteiger partial charge < -0.3 is 14.8 Å². The van der Waals surface area contributed by atoms with Gasteiger partial charge in [0.15, 0.2) is 0 Å². The van der Waals surface area contributed by atoms with Gasteiger partial charge in [-0.2, -0.15) is 5.10 Å². The maximum Gasteiger partial charge on any atom is 0.318 e. The number of fused-ring (bicyclic) bond motifs is 3. The van der Waals surface area contributed by atoms with E-state index in [1.807, 2.05) is 59.4 Å². The largest absolute Gasteiger partial charge is 0.341 e. The molecule has 2 amide bonds. The Morgan fingerprint density at radius 3 is 2.66 bits per heavy atom. The average molecular weight is 429 g/mol. The number of nitrogens with one attached hydrogen (secondary N) is 1. The summed E-state index contributed by atoms with van der Waals surface area (Å²) in [5.41, 5.74) is 4.45. The van der Waals surface area contributed by atoms with Crippen molar-refractivity contribution < 1.29 is 9.18 Å². The highest BCUT2D eigenvalue weighted by atomic mass is 19.1. The zero-order chi connectivity index (χ0) is 22.2. The molecular formula is C25H24FN5O. The molecule has 0 unspecified atom stereocenters. The van der Waals surface area contributed by atoms with E-state index < -0.39 is 6.04 Å². The van der Waals surface area contributed by atoms with Crippen molar-refractivity contribution in [1.29, 1.82) is 0 Å². The normalized spacial score (nSPS) is 15.1. The summed E-state index contributed by atoms with van der Waals surface area (Å²) in [6.07, 6.45) is 2.71. The van der Waals surface area contributed by atoms with Crippen LogP contribution in [0, 0.1) is 5.82 Å². The van der Waals surface area contributed by atoms with Crippen LogP contribution < -0.4 is 5.32 Å². The molecule has 1 N–H and O–H groups in total. The molecule has 0 aliphatic carbocycles. The average Bonchev–Trinajstić information content (AvgIpc) is 3.40. The summed E-state index contributed by atoms with van der Waals surface area (Å²) in [7, 11) is 1.62. The first-order chi connectivity index (χ1) is 15.6. The Bertz CT molecular complexity index is 1280. The lowest BCUT2D eigenvalue weighted by Gasteiger charge is -2.30. The monoisotopic (exact) mass is 429 g/mol. The number of carbonyl (C=O) groups excluding carboxylic acids is 1. The third-order valence-electron chi connectivity index (χ3n) is 5.94. The van der Waals surface area contributed by atoms with Crippen LogP contribution in [0.15, 0.2) is 72.9 Å². The maximum absolute atomic E-state index is 14.2. The van der Waals surface area contributed by atoms with Gasteiger partial charge in [-0.3, -0.25) is 0 Å². The van der Waals surface area contributed by atoms with Gasteiger partial charge in [0.2, 0.25) is 0 Å². The van der Waals surface area contributed by atoms with Gasteiger partial charge in [-0.15, -0.1) is 0 Å². The molecule has 0 radical (unpaired) electrons. The minimum atomic E-state index is -0.457. The van der Waals surface area contributed by atoms with Crippen molar-refractivity contribution in [3.63, 3.8) is 0 Å². The summed E-state index contributed by atoms with van der Waals surface area (Å²) in [5, 5.41) is 7.67. The highest BCUT2D eigenvalue weighted by Gasteiger charge is 2.36. The molecule has 5 rings (SSSR count). The van der Waals surface area contributed by atoms with Crippen molar-refractivity contribution in [1.82, 2.24) is 24.6 Å². The zero-order valence-corrected chi connectivity index (χ0v) is 18.0. The molecule has 0 saturated carbocycles. The summed E-state index contributed by atoms with van der Waals surface area (Å²) in [6, 6.07) is 19.7. The quantitative estimate of drug-likeness (QED) is 0.517. The summed E-state index contributed by atoms with van der Waals surface area (Å²) in [6.45, 7) is 2.42. The van der Waals surface area contributed by atoms with Gasteiger partial charge in [0.25, 0.3) is 0 Å². The number of carbonyl (C=O) groups is 1. The molecular weight excluding hydrogens is 405 g/mol. The number of urea groups is 1. The first kappa shape index (κ1) is 20.1. The number of aromatic nitrogens is 3. The standard InChI is InChI=1S/C25H24FN5O/c1-3-21-20-16-30(25(32)27-2)23(17-9-7-10-18(26)15-17)22-13-8-14-29(22)24(20)31(28-21)19-11-5-4-6-12-19/h4-15,23H,3,16H2,1-2H3,(H,27,32)/t23-/m0/s1. The molecule has 1 aliphatic rings. The fourth-order valence-corrected chi connectivity index (χ4v) is 4.52. The van der Waals surface area contributed by atoms with Crippen LogP contribution in [0.2, 0.25) is 0 Å². The molecule has 1 atom stereocenters. The number of amides is 2. The molecule has 162 valence electrons. The predicted octanol–water partition coefficient (Wildman–Crippen LogP) is 4.61. The van der Waals surface area contributed by atoms with E-state index in [1.54, 1.807) is 18.0 Å². The van der Waals surface area contributed by atoms with Gasteiger partial charge >= 0.3 is 6.03 Å². The molecule has 6 nitrogen and oxygen atoms in total. The Morgan fingerprint density at radius 2 is 1.94 bits per heavy atom. The smallest absolute Gasteiger partial charge is 0.318 e. The van der Waals surface area contributed by atoms with Gasteiger partial charge in [0, 0.05) is 18.8 Å². The first-order valence-corrected chi connectivity index (χ1v) is 10.7. The van der Waals surface area contributed by atoms with Crippen LogP contribution in [0.3, 0.4) is 0 Å². The minimum absolute atomic E-state index is 0.227. The zero-order valence-electron chi connectivity index (χ0n) is 18.0. The topological polar surface area (TPSA) is 55.1 Å². The highest BCUT2D eigenvalue weighted by Crippen LogP contribution is 2.38. The fourth-order valence-electron chi connectivity index (χ4n) is 4.52. The lowest BCUT2D eigenvalue weighted by atomic mass is 10.0. The van der Waals surface area contributed by atoms with Crippen LogP contribution in [0.1, 0.15) is 35.5 Å². The van der Waals surface area contributed by atoms with E-state index in [0.717, 1.165) is 40.4 Å². The molecule has 0 bridgehead atoms. The molecule has 4 aromatic rings. The fraction of sp³-hybridized carbons (Fsp3) is 0.200. The lowest BCUT2D eigenvalue weighted by Crippen LogP contribution is -2.40. The number of halogens is 1. The van der Waals surface area contributed by atoms with E-state index in [1.165, 1.54) is 12.1 Å². The van der Waals surface area contributed by atoms with Gasteiger partial charge in [-0.1, -0.05) is 37.3 Å². The Morgan fingerprint density at radius 1 is 1.12 bits per heavy atom. The maximum atomic E-state index is 14.2. The number of aryl methyl sites for hydroxylation is 1. The van der Waals surface area contributed by atoms with E-state index in [0.29, 0.717) is 6.54 Å². The molecule has 2 aromatic carbocycles. The number of nitrogens with zero attached hydrogens (tertiary/aromatic N) is 4. The van der Waals surface area contributed by atoms with Crippen molar-refractivity contribution in [3.05, 3.63) is 101 Å². The molecule has 2 aromatic heterocycles. The minimum Gasteiger partial charge on any atom is -0.341 e. The second kappa shape index (κ2) is 8.00. The van der Waals surface area contributed by atoms with E-state index in [9.17, 15) is 9.18 Å². The molecule has 0 saturated heterocycles. The number of para-hydroxylation sites is 1. The molecule has 32 heavy (non-hydrogen) atoms. The second-order valence-electron chi connectivity index (χ2n) is 7.79. The van der Waals surface area contributed by atoms with Gasteiger partial charge in [-0.25, -0.2) is 13.9 Å². The van der Waals surface area contributed by atoms with Crippen LogP contribution in [0.25, 0.3) is 11.5 Å². The van der Waals surface area contributed by atoms with Gasteiger partial charge in [-0.05, 0) is 48.4 Å². The molecule has 3 heterocycles. The van der Waals surface area contributed by atoms with Crippen LogP contribution in [0.4, 0.5) is 9.18 Å².